The number of ketones is 1. The van der Waals surface area contributed by atoms with Crippen molar-refractivity contribution in [1.82, 2.24) is 0 Å². The summed E-state index contributed by atoms with van der Waals surface area (Å²) >= 11 is 0. The molecule has 0 spiro atoms. The molecule has 5 heteroatoms. The molecular weight excluding hydrogens is 191 g/mol. The highest BCUT2D eigenvalue weighted by atomic mass is 31.2. The molecule has 13 heavy (non-hydrogen) atoms. The van der Waals surface area contributed by atoms with Crippen LogP contribution in [0.2, 0.25) is 0 Å². The highest BCUT2D eigenvalue weighted by Gasteiger charge is 2.05. The molecule has 0 bridgehead atoms. The molecule has 0 heterocycles. The van der Waals surface area contributed by atoms with Gasteiger partial charge in [0.1, 0.15) is 0 Å². The van der Waals surface area contributed by atoms with E-state index >= 15 is 0 Å². The molecule has 0 saturated carbocycles. The van der Waals surface area contributed by atoms with Gasteiger partial charge in [0, 0.05) is 11.7 Å². The van der Waals surface area contributed by atoms with Crippen molar-refractivity contribution < 1.29 is 19.1 Å². The number of Topliss-reactive ketones (excluding diaryl/α,β-unsaturated/α-hetero) is 1. The maximum atomic E-state index is 11.1. The quantitative estimate of drug-likeness (QED) is 0.496. The van der Waals surface area contributed by atoms with Crippen molar-refractivity contribution in [2.24, 2.45) is 0 Å². The van der Waals surface area contributed by atoms with Gasteiger partial charge in [0.15, 0.2) is 5.78 Å². The molecule has 0 aromatic heterocycles. The van der Waals surface area contributed by atoms with Gasteiger partial charge in [-0.3, -0.25) is 4.79 Å². The topological polar surface area (TPSA) is 80.3 Å². The SMILES string of the molecule is O=C(CP(=O)([O-])[O-])c1ccccc1. The molecule has 0 aliphatic rings. The molecule has 1 aromatic carbocycles. The van der Waals surface area contributed by atoms with Crippen molar-refractivity contribution in [3.8, 4) is 0 Å². The smallest absolute Gasteiger partial charge is 0.167 e. The normalized spacial score (nSPS) is 11.2. The molecule has 0 saturated heterocycles. The zero-order chi connectivity index (χ0) is 9.90. The average Bonchev–Trinajstić information content (AvgIpc) is 2.03. The Labute approximate surface area is 75.4 Å². The van der Waals surface area contributed by atoms with Crippen LogP contribution in [-0.2, 0) is 4.57 Å². The lowest BCUT2D eigenvalue weighted by molar-refractivity contribution is -0.312. The monoisotopic (exact) mass is 198 g/mol. The Morgan fingerprint density at radius 2 is 1.77 bits per heavy atom. The van der Waals surface area contributed by atoms with Crippen molar-refractivity contribution in [3.63, 3.8) is 0 Å². The average molecular weight is 198 g/mol. The van der Waals surface area contributed by atoms with E-state index in [4.69, 9.17) is 0 Å². The van der Waals surface area contributed by atoms with E-state index in [2.05, 4.69) is 0 Å². The van der Waals surface area contributed by atoms with Crippen molar-refractivity contribution in [1.29, 1.82) is 0 Å². The number of rotatable bonds is 3. The molecule has 0 aliphatic heterocycles. The summed E-state index contributed by atoms with van der Waals surface area (Å²) < 4.78 is 10.3. The molecule has 0 atom stereocenters. The third kappa shape index (κ3) is 3.51. The van der Waals surface area contributed by atoms with Gasteiger partial charge in [0.2, 0.25) is 0 Å². The minimum Gasteiger partial charge on any atom is -0.810 e. The Morgan fingerprint density at radius 3 is 2.23 bits per heavy atom. The first-order chi connectivity index (χ1) is 5.99. The maximum Gasteiger partial charge on any atom is 0.167 e. The largest absolute Gasteiger partial charge is 0.810 e. The lowest BCUT2D eigenvalue weighted by Gasteiger charge is -2.28. The van der Waals surface area contributed by atoms with Crippen molar-refractivity contribution in [2.45, 2.75) is 0 Å². The highest BCUT2D eigenvalue weighted by molar-refractivity contribution is 7.49. The summed E-state index contributed by atoms with van der Waals surface area (Å²) in [7, 11) is -4.74. The first kappa shape index (κ1) is 10.1. The first-order valence-corrected chi connectivity index (χ1v) is 5.31. The van der Waals surface area contributed by atoms with Crippen molar-refractivity contribution in [2.75, 3.05) is 6.16 Å². The molecule has 0 unspecified atom stereocenters. The van der Waals surface area contributed by atoms with Crippen LogP contribution in [0.5, 0.6) is 0 Å². The van der Waals surface area contributed by atoms with Crippen LogP contribution < -0.4 is 9.79 Å². The van der Waals surface area contributed by atoms with E-state index < -0.39 is 19.5 Å². The van der Waals surface area contributed by atoms with E-state index in [1.165, 1.54) is 12.1 Å². The number of hydrogen-bond acceptors (Lipinski definition) is 4. The van der Waals surface area contributed by atoms with Gasteiger partial charge in [0.05, 0.1) is 0 Å². The summed E-state index contributed by atoms with van der Waals surface area (Å²) in [6.07, 6.45) is -0.947. The minimum absolute atomic E-state index is 0.245. The van der Waals surface area contributed by atoms with Crippen LogP contribution >= 0.6 is 7.60 Å². The summed E-state index contributed by atoms with van der Waals surface area (Å²) in [5.41, 5.74) is 0.245. The van der Waals surface area contributed by atoms with Crippen LogP contribution in [0.25, 0.3) is 0 Å². The van der Waals surface area contributed by atoms with Crippen molar-refractivity contribution >= 4 is 13.4 Å². The standard InChI is InChI=1S/C8H9O4P/c9-8(6-13(10,11)12)7-4-2-1-3-5-7/h1-5H,6H2,(H2,10,11,12)/p-2. The predicted molar refractivity (Wildman–Crippen MR) is 43.2 cm³/mol. The predicted octanol–water partition coefficient (Wildman–Crippen LogP) is -0.217. The van der Waals surface area contributed by atoms with Crippen LogP contribution in [0.15, 0.2) is 30.3 Å². The fraction of sp³-hybridized carbons (Fsp3) is 0.125. The highest BCUT2D eigenvalue weighted by Crippen LogP contribution is 2.23. The molecule has 0 N–H and O–H groups in total. The van der Waals surface area contributed by atoms with E-state index in [1.54, 1.807) is 18.2 Å². The summed E-state index contributed by atoms with van der Waals surface area (Å²) in [5, 5.41) is 0. The van der Waals surface area contributed by atoms with Gasteiger partial charge in [0.25, 0.3) is 0 Å². The zero-order valence-corrected chi connectivity index (χ0v) is 7.57. The number of benzene rings is 1. The van der Waals surface area contributed by atoms with Crippen LogP contribution in [0.3, 0.4) is 0 Å². The molecule has 0 amide bonds. The first-order valence-electron chi connectivity index (χ1n) is 3.58. The van der Waals surface area contributed by atoms with Gasteiger partial charge < -0.3 is 14.4 Å². The third-order valence-corrected chi connectivity index (χ3v) is 2.11. The van der Waals surface area contributed by atoms with E-state index in [9.17, 15) is 19.1 Å². The molecule has 0 radical (unpaired) electrons. The lowest BCUT2D eigenvalue weighted by Crippen LogP contribution is -2.21. The molecular formula is C8H7O4P-2. The van der Waals surface area contributed by atoms with E-state index in [0.717, 1.165) is 0 Å². The fourth-order valence-electron chi connectivity index (χ4n) is 0.891. The fourth-order valence-corrected chi connectivity index (χ4v) is 1.43. The van der Waals surface area contributed by atoms with Gasteiger partial charge in [-0.2, -0.15) is 0 Å². The van der Waals surface area contributed by atoms with Gasteiger partial charge in [-0.1, -0.05) is 37.9 Å². The van der Waals surface area contributed by atoms with E-state index in [-0.39, 0.29) is 5.56 Å². The van der Waals surface area contributed by atoms with Crippen molar-refractivity contribution in [3.05, 3.63) is 35.9 Å². The molecule has 0 fully saturated rings. The zero-order valence-electron chi connectivity index (χ0n) is 6.67. The summed E-state index contributed by atoms with van der Waals surface area (Å²) in [6.45, 7) is 0. The maximum absolute atomic E-state index is 11.1. The number of hydrogen-bond donors (Lipinski definition) is 0. The summed E-state index contributed by atoms with van der Waals surface area (Å²) in [4.78, 5) is 31.6. The van der Waals surface area contributed by atoms with Crippen LogP contribution in [0.4, 0.5) is 0 Å². The van der Waals surface area contributed by atoms with E-state index in [0.29, 0.717) is 0 Å². The van der Waals surface area contributed by atoms with Crippen LogP contribution in [0.1, 0.15) is 10.4 Å². The Bertz CT molecular complexity index is 340. The summed E-state index contributed by atoms with van der Waals surface area (Å²) in [5.74, 6) is -0.658. The molecule has 1 rings (SSSR count). The van der Waals surface area contributed by atoms with Gasteiger partial charge in [-0.05, 0) is 0 Å². The molecule has 70 valence electrons. The Morgan fingerprint density at radius 1 is 1.23 bits per heavy atom. The van der Waals surface area contributed by atoms with Crippen LogP contribution in [-0.4, -0.2) is 11.9 Å². The lowest BCUT2D eigenvalue weighted by atomic mass is 10.2. The van der Waals surface area contributed by atoms with Gasteiger partial charge >= 0.3 is 0 Å². The second-order valence-electron chi connectivity index (χ2n) is 2.56. The Hall–Kier alpha value is -0.960. The second-order valence-corrected chi connectivity index (χ2v) is 4.10. The van der Waals surface area contributed by atoms with Gasteiger partial charge in [-0.15, -0.1) is 0 Å². The third-order valence-electron chi connectivity index (χ3n) is 1.43. The minimum atomic E-state index is -4.74. The van der Waals surface area contributed by atoms with Crippen LogP contribution in [0, 0.1) is 0 Å². The Balaban J connectivity index is 2.76. The van der Waals surface area contributed by atoms with E-state index in [1.807, 2.05) is 0 Å². The number of carbonyl (C=O) groups excluding carboxylic acids is 1. The Kier molecular flexibility index (Phi) is 2.98. The molecule has 1 aromatic rings. The number of carbonyl (C=O) groups is 1. The summed E-state index contributed by atoms with van der Waals surface area (Å²) in [6, 6.07) is 7.85. The second kappa shape index (κ2) is 3.83. The molecule has 4 nitrogen and oxygen atoms in total. The molecule has 0 aliphatic carbocycles. The van der Waals surface area contributed by atoms with Gasteiger partial charge in [-0.25, -0.2) is 0 Å².